The van der Waals surface area contributed by atoms with E-state index < -0.39 is 6.29 Å². The molecule has 0 aliphatic carbocycles. The molecule has 2 aliphatic heterocycles. The molecule has 0 saturated carbocycles. The lowest BCUT2D eigenvalue weighted by atomic mass is 9.78. The van der Waals surface area contributed by atoms with Crippen LogP contribution in [0, 0.1) is 0 Å². The molecule has 2 heterocycles. The topological polar surface area (TPSA) is 71.2 Å². The van der Waals surface area contributed by atoms with Crippen LogP contribution in [0.25, 0.3) is 0 Å². The summed E-state index contributed by atoms with van der Waals surface area (Å²) in [6, 6.07) is 33.2. The number of epoxide rings is 2. The fourth-order valence-electron chi connectivity index (χ4n) is 5.64. The van der Waals surface area contributed by atoms with Crippen molar-refractivity contribution in [3.8, 4) is 23.0 Å². The molecule has 0 radical (unpaired) electrons. The first-order valence-electron chi connectivity index (χ1n) is 16.9. The third-order valence-corrected chi connectivity index (χ3v) is 9.19. The fraction of sp³-hybridized carbons (Fsp3) is 0.415. The van der Waals surface area contributed by atoms with E-state index in [0.717, 1.165) is 36.2 Å². The van der Waals surface area contributed by atoms with Gasteiger partial charge in [-0.3, -0.25) is 0 Å². The van der Waals surface area contributed by atoms with E-state index in [4.69, 9.17) is 33.2 Å². The Bertz CT molecular complexity index is 1460. The van der Waals surface area contributed by atoms with E-state index >= 15 is 0 Å². The Kier molecular flexibility index (Phi) is 10.3. The Morgan fingerprint density at radius 1 is 0.542 bits per heavy atom. The summed E-state index contributed by atoms with van der Waals surface area (Å²) in [5, 5.41) is 0. The van der Waals surface area contributed by atoms with Crippen molar-refractivity contribution in [1.82, 2.24) is 0 Å². The predicted molar refractivity (Wildman–Crippen MR) is 187 cm³/mol. The maximum Gasteiger partial charge on any atom is 0.197 e. The molecule has 0 spiro atoms. The van der Waals surface area contributed by atoms with Gasteiger partial charge in [-0.05, 0) is 84.6 Å². The molecular weight excluding hydrogens is 604 g/mol. The first-order valence-corrected chi connectivity index (χ1v) is 16.9. The van der Waals surface area contributed by atoms with Crippen molar-refractivity contribution in [1.29, 1.82) is 0 Å². The Morgan fingerprint density at radius 2 is 0.875 bits per heavy atom. The van der Waals surface area contributed by atoms with E-state index in [1.54, 1.807) is 0 Å². The molecule has 2 fully saturated rings. The van der Waals surface area contributed by atoms with Gasteiger partial charge in [-0.15, -0.1) is 0 Å². The standard InChI is InChI=1S/C41H48O7/c1-28(47-36-19-11-32(12-20-36)40(3,4)30-7-15-34(16-8-30)43-24-38-26-45-38)23-42-29(2)48-37-21-13-33(14-22-37)41(5,6)31-9-17-35(18-10-31)44-25-39-27-46-39/h7-22,28-29,38-39H,23-27H2,1-6H3. The van der Waals surface area contributed by atoms with E-state index in [-0.39, 0.29) is 29.1 Å². The summed E-state index contributed by atoms with van der Waals surface area (Å²) in [6.07, 6.45) is -0.0757. The Balaban J connectivity index is 0.946. The minimum Gasteiger partial charge on any atom is -0.491 e. The zero-order chi connectivity index (χ0) is 33.7. The van der Waals surface area contributed by atoms with Crippen LogP contribution in [0.1, 0.15) is 63.8 Å². The van der Waals surface area contributed by atoms with E-state index in [0.29, 0.717) is 19.8 Å². The van der Waals surface area contributed by atoms with Gasteiger partial charge in [0.05, 0.1) is 19.8 Å². The average Bonchev–Trinajstić information content (AvgIpc) is 4.03. The van der Waals surface area contributed by atoms with Crippen LogP contribution in [0.3, 0.4) is 0 Å². The second-order valence-electron chi connectivity index (χ2n) is 13.8. The molecule has 0 aromatic heterocycles. The van der Waals surface area contributed by atoms with Gasteiger partial charge in [0.2, 0.25) is 0 Å². The quantitative estimate of drug-likeness (QED) is 0.0843. The average molecular weight is 653 g/mol. The molecule has 4 aromatic carbocycles. The maximum absolute atomic E-state index is 6.16. The molecule has 0 N–H and O–H groups in total. The van der Waals surface area contributed by atoms with Crippen molar-refractivity contribution >= 4 is 0 Å². The number of rotatable bonds is 17. The van der Waals surface area contributed by atoms with Crippen LogP contribution in [0.5, 0.6) is 23.0 Å². The van der Waals surface area contributed by atoms with Crippen molar-refractivity contribution in [3.05, 3.63) is 119 Å². The summed E-state index contributed by atoms with van der Waals surface area (Å²) < 4.78 is 40.3. The smallest absolute Gasteiger partial charge is 0.197 e. The first kappa shape index (κ1) is 33.8. The SMILES string of the molecule is CC(COC(C)Oc1ccc(C(C)(C)c2ccc(OCC3CO3)cc2)cc1)Oc1ccc(C(C)(C)c2ccc(OCC3CO3)cc2)cc1. The van der Waals surface area contributed by atoms with Gasteiger partial charge in [-0.1, -0.05) is 76.2 Å². The summed E-state index contributed by atoms with van der Waals surface area (Å²) in [7, 11) is 0. The lowest BCUT2D eigenvalue weighted by Crippen LogP contribution is -2.25. The van der Waals surface area contributed by atoms with Gasteiger partial charge >= 0.3 is 0 Å². The molecule has 254 valence electrons. The highest BCUT2D eigenvalue weighted by atomic mass is 16.7. The molecule has 6 rings (SSSR count). The van der Waals surface area contributed by atoms with Crippen molar-refractivity contribution in [2.75, 3.05) is 33.0 Å². The largest absolute Gasteiger partial charge is 0.491 e. The highest BCUT2D eigenvalue weighted by Crippen LogP contribution is 2.35. The third kappa shape index (κ3) is 8.90. The summed E-state index contributed by atoms with van der Waals surface area (Å²) in [5.41, 5.74) is 4.49. The zero-order valence-corrected chi connectivity index (χ0v) is 28.9. The second kappa shape index (κ2) is 14.6. The van der Waals surface area contributed by atoms with Gasteiger partial charge in [-0.2, -0.15) is 0 Å². The van der Waals surface area contributed by atoms with Crippen LogP contribution < -0.4 is 18.9 Å². The van der Waals surface area contributed by atoms with Crippen molar-refractivity contribution in [2.45, 2.75) is 77.0 Å². The van der Waals surface area contributed by atoms with Gasteiger partial charge < -0.3 is 33.2 Å². The van der Waals surface area contributed by atoms with E-state index in [1.165, 1.54) is 22.3 Å². The molecular formula is C41H48O7. The highest BCUT2D eigenvalue weighted by Gasteiger charge is 2.26. The molecule has 2 saturated heterocycles. The summed E-state index contributed by atoms with van der Waals surface area (Å²) in [6.45, 7) is 16.0. The molecule has 48 heavy (non-hydrogen) atoms. The molecule has 7 nitrogen and oxygen atoms in total. The van der Waals surface area contributed by atoms with E-state index in [1.807, 2.05) is 62.4 Å². The number of benzene rings is 4. The predicted octanol–water partition coefficient (Wildman–Crippen LogP) is 8.10. The van der Waals surface area contributed by atoms with Crippen molar-refractivity contribution < 1.29 is 33.2 Å². The Morgan fingerprint density at radius 3 is 1.23 bits per heavy atom. The summed E-state index contributed by atoms with van der Waals surface area (Å²) in [5.74, 6) is 3.30. The molecule has 4 atom stereocenters. The van der Waals surface area contributed by atoms with Gasteiger partial charge in [0.1, 0.15) is 54.5 Å². The van der Waals surface area contributed by atoms with Crippen LogP contribution >= 0.6 is 0 Å². The number of ether oxygens (including phenoxy) is 7. The lowest BCUT2D eigenvalue weighted by Gasteiger charge is -2.27. The Labute approximate surface area is 285 Å². The zero-order valence-electron chi connectivity index (χ0n) is 28.9. The summed E-state index contributed by atoms with van der Waals surface area (Å²) >= 11 is 0. The first-order chi connectivity index (χ1) is 23.1. The van der Waals surface area contributed by atoms with Crippen molar-refractivity contribution in [3.63, 3.8) is 0 Å². The van der Waals surface area contributed by atoms with Gasteiger partial charge in [0.25, 0.3) is 0 Å². The van der Waals surface area contributed by atoms with Crippen LogP contribution in [0.2, 0.25) is 0 Å². The fourth-order valence-corrected chi connectivity index (χ4v) is 5.64. The van der Waals surface area contributed by atoms with E-state index in [2.05, 4.69) is 76.2 Å². The number of hydrogen-bond acceptors (Lipinski definition) is 7. The second-order valence-corrected chi connectivity index (χ2v) is 13.8. The molecule has 7 heteroatoms. The lowest BCUT2D eigenvalue weighted by molar-refractivity contribution is -0.0869. The van der Waals surface area contributed by atoms with E-state index in [9.17, 15) is 0 Å². The van der Waals surface area contributed by atoms with Crippen LogP contribution in [-0.2, 0) is 25.0 Å². The normalized spacial score (nSPS) is 18.5. The van der Waals surface area contributed by atoms with Gasteiger partial charge in [0.15, 0.2) is 6.29 Å². The Hall–Kier alpha value is -4.04. The molecule has 0 bridgehead atoms. The molecule has 0 amide bonds. The minimum absolute atomic E-state index is 0.148. The summed E-state index contributed by atoms with van der Waals surface area (Å²) in [4.78, 5) is 0. The van der Waals surface area contributed by atoms with Gasteiger partial charge in [0, 0.05) is 10.8 Å². The van der Waals surface area contributed by atoms with Crippen LogP contribution in [0.15, 0.2) is 97.1 Å². The molecule has 4 unspecified atom stereocenters. The van der Waals surface area contributed by atoms with Gasteiger partial charge in [-0.25, -0.2) is 0 Å². The van der Waals surface area contributed by atoms with Crippen LogP contribution in [-0.4, -0.2) is 57.6 Å². The number of hydrogen-bond donors (Lipinski definition) is 0. The molecule has 4 aromatic rings. The van der Waals surface area contributed by atoms with Crippen molar-refractivity contribution in [2.24, 2.45) is 0 Å². The highest BCUT2D eigenvalue weighted by molar-refractivity contribution is 5.43. The minimum atomic E-state index is -0.425. The maximum atomic E-state index is 6.16. The third-order valence-electron chi connectivity index (χ3n) is 9.19. The van der Waals surface area contributed by atoms with Crippen LogP contribution in [0.4, 0.5) is 0 Å². The molecule has 2 aliphatic rings. The monoisotopic (exact) mass is 652 g/mol.